The summed E-state index contributed by atoms with van der Waals surface area (Å²) in [6.07, 6.45) is 9.17. The highest BCUT2D eigenvalue weighted by molar-refractivity contribution is 5.83. The van der Waals surface area contributed by atoms with Gasteiger partial charge in [0.25, 0.3) is 0 Å². The Bertz CT molecular complexity index is 243. The third-order valence-corrected chi connectivity index (χ3v) is 4.70. The second kappa shape index (κ2) is 5.31. The van der Waals surface area contributed by atoms with Crippen LogP contribution >= 0.6 is 0 Å². The van der Waals surface area contributed by atoms with E-state index >= 15 is 0 Å². The zero-order valence-electron chi connectivity index (χ0n) is 10.5. The summed E-state index contributed by atoms with van der Waals surface area (Å²) in [7, 11) is 0. The molecule has 0 aliphatic heterocycles. The van der Waals surface area contributed by atoms with Crippen molar-refractivity contribution in [2.75, 3.05) is 0 Å². The summed E-state index contributed by atoms with van der Waals surface area (Å²) in [6, 6.07) is 0.293. The van der Waals surface area contributed by atoms with E-state index in [9.17, 15) is 4.79 Å². The molecule has 0 aromatic rings. The van der Waals surface area contributed by atoms with Crippen molar-refractivity contribution in [2.45, 2.75) is 64.3 Å². The molecule has 92 valence electrons. The fraction of sp³-hybridized carbons (Fsp3) is 0.929. The lowest BCUT2D eigenvalue weighted by atomic mass is 9.76. The topological polar surface area (TPSA) is 43.1 Å². The molecule has 0 amide bonds. The van der Waals surface area contributed by atoms with E-state index in [0.29, 0.717) is 23.7 Å². The summed E-state index contributed by atoms with van der Waals surface area (Å²) in [5, 5.41) is 0. The van der Waals surface area contributed by atoms with Crippen LogP contribution < -0.4 is 5.73 Å². The largest absolute Gasteiger partial charge is 0.328 e. The van der Waals surface area contributed by atoms with Crippen LogP contribution in [0.2, 0.25) is 0 Å². The zero-order chi connectivity index (χ0) is 11.5. The summed E-state index contributed by atoms with van der Waals surface area (Å²) in [6.45, 7) is 2.27. The fourth-order valence-corrected chi connectivity index (χ4v) is 3.46. The van der Waals surface area contributed by atoms with Gasteiger partial charge in [0, 0.05) is 17.9 Å². The Morgan fingerprint density at radius 3 is 2.19 bits per heavy atom. The third-order valence-electron chi connectivity index (χ3n) is 4.70. The smallest absolute Gasteiger partial charge is 0.139 e. The van der Waals surface area contributed by atoms with E-state index in [2.05, 4.69) is 6.92 Å². The Morgan fingerprint density at radius 1 is 1.06 bits per heavy atom. The molecule has 0 heterocycles. The molecule has 2 aliphatic rings. The lowest BCUT2D eigenvalue weighted by Crippen LogP contribution is -2.27. The zero-order valence-corrected chi connectivity index (χ0v) is 10.5. The first-order valence-electron chi connectivity index (χ1n) is 7.00. The molecule has 0 radical (unpaired) electrons. The van der Waals surface area contributed by atoms with Crippen molar-refractivity contribution in [3.05, 3.63) is 0 Å². The van der Waals surface area contributed by atoms with Gasteiger partial charge in [-0.25, -0.2) is 0 Å². The van der Waals surface area contributed by atoms with Crippen LogP contribution in [-0.4, -0.2) is 11.8 Å². The van der Waals surface area contributed by atoms with Crippen molar-refractivity contribution in [1.29, 1.82) is 0 Å². The molecule has 0 saturated heterocycles. The van der Waals surface area contributed by atoms with Crippen LogP contribution in [0, 0.1) is 17.8 Å². The van der Waals surface area contributed by atoms with Crippen LogP contribution in [-0.2, 0) is 4.79 Å². The van der Waals surface area contributed by atoms with E-state index in [0.717, 1.165) is 38.0 Å². The van der Waals surface area contributed by atoms with Crippen LogP contribution in [0.3, 0.4) is 0 Å². The lowest BCUT2D eigenvalue weighted by molar-refractivity contribution is -0.127. The van der Waals surface area contributed by atoms with Gasteiger partial charge in [0.15, 0.2) is 0 Å². The average molecular weight is 223 g/mol. The van der Waals surface area contributed by atoms with Gasteiger partial charge in [0.1, 0.15) is 5.78 Å². The van der Waals surface area contributed by atoms with Crippen LogP contribution in [0.4, 0.5) is 0 Å². The Morgan fingerprint density at radius 2 is 1.69 bits per heavy atom. The maximum absolute atomic E-state index is 12.3. The molecule has 2 rings (SSSR count). The monoisotopic (exact) mass is 223 g/mol. The molecule has 2 atom stereocenters. The molecule has 0 aromatic heterocycles. The molecule has 2 saturated carbocycles. The quantitative estimate of drug-likeness (QED) is 0.799. The standard InChI is InChI=1S/C14H25NO/c1-2-10-3-5-11(6-4-10)14(16)12-7-8-13(15)9-12/h10-13H,2-9,15H2,1H3. The minimum Gasteiger partial charge on any atom is -0.328 e. The van der Waals surface area contributed by atoms with E-state index in [1.807, 2.05) is 0 Å². The van der Waals surface area contributed by atoms with Crippen LogP contribution in [0.5, 0.6) is 0 Å². The highest BCUT2D eigenvalue weighted by atomic mass is 16.1. The van der Waals surface area contributed by atoms with Crippen molar-refractivity contribution in [3.63, 3.8) is 0 Å². The second-order valence-electron chi connectivity index (χ2n) is 5.80. The minimum atomic E-state index is 0.293. The highest BCUT2D eigenvalue weighted by Crippen LogP contribution is 2.35. The van der Waals surface area contributed by atoms with Crippen molar-refractivity contribution < 1.29 is 4.79 Å². The van der Waals surface area contributed by atoms with Gasteiger partial charge in [-0.05, 0) is 50.9 Å². The summed E-state index contributed by atoms with van der Waals surface area (Å²) < 4.78 is 0. The summed E-state index contributed by atoms with van der Waals surface area (Å²) >= 11 is 0. The maximum Gasteiger partial charge on any atom is 0.139 e. The van der Waals surface area contributed by atoms with Crippen molar-refractivity contribution in [2.24, 2.45) is 23.5 Å². The van der Waals surface area contributed by atoms with Gasteiger partial charge in [-0.15, -0.1) is 0 Å². The maximum atomic E-state index is 12.3. The van der Waals surface area contributed by atoms with Crippen molar-refractivity contribution in [3.8, 4) is 0 Å². The Labute approximate surface area is 99.0 Å². The molecule has 0 aromatic carbocycles. The molecular formula is C14H25NO. The van der Waals surface area contributed by atoms with E-state index in [1.54, 1.807) is 0 Å². The lowest BCUT2D eigenvalue weighted by Gasteiger charge is -2.28. The number of ketones is 1. The predicted molar refractivity (Wildman–Crippen MR) is 66.1 cm³/mol. The van der Waals surface area contributed by atoms with Gasteiger partial charge < -0.3 is 5.73 Å². The minimum absolute atomic E-state index is 0.293. The number of carbonyl (C=O) groups is 1. The van der Waals surface area contributed by atoms with Crippen LogP contribution in [0.15, 0.2) is 0 Å². The normalized spacial score (nSPS) is 39.9. The van der Waals surface area contributed by atoms with E-state index in [-0.39, 0.29) is 0 Å². The SMILES string of the molecule is CCC1CCC(C(=O)C2CCC(N)C2)CC1. The fourth-order valence-electron chi connectivity index (χ4n) is 3.46. The second-order valence-corrected chi connectivity index (χ2v) is 5.80. The van der Waals surface area contributed by atoms with Crippen LogP contribution in [0.25, 0.3) is 0 Å². The molecule has 0 spiro atoms. The summed E-state index contributed by atoms with van der Waals surface area (Å²) in [4.78, 5) is 12.3. The Kier molecular flexibility index (Phi) is 4.01. The molecule has 2 nitrogen and oxygen atoms in total. The van der Waals surface area contributed by atoms with E-state index < -0.39 is 0 Å². The first-order chi connectivity index (χ1) is 7.70. The molecule has 0 bridgehead atoms. The van der Waals surface area contributed by atoms with Gasteiger partial charge in [-0.2, -0.15) is 0 Å². The molecule has 2 N–H and O–H groups in total. The first-order valence-corrected chi connectivity index (χ1v) is 7.00. The number of carbonyl (C=O) groups excluding carboxylic acids is 1. The van der Waals surface area contributed by atoms with Gasteiger partial charge in [-0.3, -0.25) is 4.79 Å². The number of rotatable bonds is 3. The molecule has 2 heteroatoms. The highest BCUT2D eigenvalue weighted by Gasteiger charge is 2.33. The summed E-state index contributed by atoms with van der Waals surface area (Å²) in [5.74, 6) is 2.11. The van der Waals surface area contributed by atoms with Gasteiger partial charge >= 0.3 is 0 Å². The molecule has 2 unspecified atom stereocenters. The van der Waals surface area contributed by atoms with Gasteiger partial charge in [-0.1, -0.05) is 13.3 Å². The number of nitrogens with two attached hydrogens (primary N) is 1. The van der Waals surface area contributed by atoms with Gasteiger partial charge in [0.05, 0.1) is 0 Å². The third kappa shape index (κ3) is 2.65. The number of hydrogen-bond donors (Lipinski definition) is 1. The summed E-state index contributed by atoms with van der Waals surface area (Å²) in [5.41, 5.74) is 5.88. The molecule has 2 fully saturated rings. The van der Waals surface area contributed by atoms with Gasteiger partial charge in [0.2, 0.25) is 0 Å². The Hall–Kier alpha value is -0.370. The van der Waals surface area contributed by atoms with E-state index in [4.69, 9.17) is 5.73 Å². The number of hydrogen-bond acceptors (Lipinski definition) is 2. The molecule has 16 heavy (non-hydrogen) atoms. The predicted octanol–water partition coefficient (Wildman–Crippen LogP) is 2.90. The number of Topliss-reactive ketones (excluding diaryl/α,β-unsaturated/α-hetero) is 1. The van der Waals surface area contributed by atoms with Crippen molar-refractivity contribution in [1.82, 2.24) is 0 Å². The van der Waals surface area contributed by atoms with Crippen LogP contribution in [0.1, 0.15) is 58.3 Å². The average Bonchev–Trinajstić information content (AvgIpc) is 2.75. The molecule has 2 aliphatic carbocycles. The molecular weight excluding hydrogens is 198 g/mol. The Balaban J connectivity index is 1.82. The van der Waals surface area contributed by atoms with Crippen molar-refractivity contribution >= 4 is 5.78 Å². The first kappa shape index (κ1) is 12.1. The van der Waals surface area contributed by atoms with E-state index in [1.165, 1.54) is 19.3 Å².